The number of benzene rings is 1. The number of aromatic nitrogens is 2. The Balaban J connectivity index is 1.73. The van der Waals surface area contributed by atoms with Crippen molar-refractivity contribution in [2.45, 2.75) is 19.8 Å². The summed E-state index contributed by atoms with van der Waals surface area (Å²) in [5.74, 6) is 0.533. The molecule has 1 fully saturated rings. The second-order valence-electron chi connectivity index (χ2n) is 6.02. The van der Waals surface area contributed by atoms with Crippen LogP contribution in [0.1, 0.15) is 30.3 Å². The smallest absolute Gasteiger partial charge is 0.272 e. The number of halogens is 2. The van der Waals surface area contributed by atoms with E-state index in [1.807, 2.05) is 4.90 Å². The molecule has 0 aliphatic carbocycles. The van der Waals surface area contributed by atoms with E-state index in [9.17, 15) is 9.18 Å². The van der Waals surface area contributed by atoms with Gasteiger partial charge in [0.15, 0.2) is 0 Å². The van der Waals surface area contributed by atoms with Crippen LogP contribution in [0.25, 0.3) is 0 Å². The highest BCUT2D eigenvalue weighted by molar-refractivity contribution is 6.31. The van der Waals surface area contributed by atoms with E-state index >= 15 is 0 Å². The minimum atomic E-state index is -0.486. The first-order chi connectivity index (χ1) is 11.5. The van der Waals surface area contributed by atoms with Gasteiger partial charge in [0.05, 0.1) is 5.02 Å². The van der Waals surface area contributed by atoms with Crippen molar-refractivity contribution in [1.29, 1.82) is 0 Å². The number of rotatable bonds is 3. The molecule has 0 unspecified atom stereocenters. The largest absolute Gasteiger partial charge is 0.340 e. The van der Waals surface area contributed by atoms with Gasteiger partial charge in [-0.2, -0.15) is 0 Å². The van der Waals surface area contributed by atoms with Gasteiger partial charge in [-0.3, -0.25) is 4.79 Å². The third-order valence-corrected chi connectivity index (χ3v) is 4.44. The molecular formula is C17H18ClFN4O. The normalized spacial score (nSPS) is 15.4. The molecule has 0 bridgehead atoms. The van der Waals surface area contributed by atoms with Gasteiger partial charge in [-0.25, -0.2) is 14.4 Å². The van der Waals surface area contributed by atoms with E-state index in [0.29, 0.717) is 23.1 Å². The van der Waals surface area contributed by atoms with Gasteiger partial charge in [-0.05, 0) is 37.0 Å². The molecular weight excluding hydrogens is 331 g/mol. The number of likely N-dealkylation sites (tertiary alicyclic amines) is 1. The third kappa shape index (κ3) is 3.82. The van der Waals surface area contributed by atoms with Crippen LogP contribution in [-0.2, 0) is 0 Å². The zero-order valence-electron chi connectivity index (χ0n) is 13.3. The molecule has 1 aromatic heterocycles. The highest BCUT2D eigenvalue weighted by Gasteiger charge is 2.22. The quantitative estimate of drug-likeness (QED) is 0.914. The summed E-state index contributed by atoms with van der Waals surface area (Å²) in [6.45, 7) is 3.70. The van der Waals surface area contributed by atoms with Crippen molar-refractivity contribution in [2.24, 2.45) is 5.92 Å². The number of piperidine rings is 1. The third-order valence-electron chi connectivity index (χ3n) is 4.15. The first-order valence-electron chi connectivity index (χ1n) is 7.86. The van der Waals surface area contributed by atoms with Gasteiger partial charge in [-0.1, -0.05) is 18.5 Å². The molecule has 7 heteroatoms. The Morgan fingerprint density at radius 1 is 1.29 bits per heavy atom. The maximum atomic E-state index is 13.2. The summed E-state index contributed by atoms with van der Waals surface area (Å²) in [6, 6.07) is 5.88. The molecule has 2 aromatic rings. The Hall–Kier alpha value is -2.21. The van der Waals surface area contributed by atoms with E-state index in [2.05, 4.69) is 22.2 Å². The van der Waals surface area contributed by atoms with Crippen molar-refractivity contribution < 1.29 is 9.18 Å². The van der Waals surface area contributed by atoms with Gasteiger partial charge in [0, 0.05) is 24.8 Å². The summed E-state index contributed by atoms with van der Waals surface area (Å²) in [4.78, 5) is 22.5. The Kier molecular flexibility index (Phi) is 4.94. The number of anilines is 2. The van der Waals surface area contributed by atoms with E-state index in [-0.39, 0.29) is 10.9 Å². The van der Waals surface area contributed by atoms with Crippen molar-refractivity contribution in [3.63, 3.8) is 0 Å². The number of nitrogens with zero attached hydrogens (tertiary/aromatic N) is 3. The molecule has 126 valence electrons. The van der Waals surface area contributed by atoms with Crippen LogP contribution in [0.3, 0.4) is 0 Å². The lowest BCUT2D eigenvalue weighted by Crippen LogP contribution is -2.38. The first-order valence-corrected chi connectivity index (χ1v) is 8.24. The molecule has 0 spiro atoms. The maximum Gasteiger partial charge on any atom is 0.272 e. The summed E-state index contributed by atoms with van der Waals surface area (Å²) >= 11 is 5.77. The summed E-state index contributed by atoms with van der Waals surface area (Å²) in [6.07, 6.45) is 3.36. The molecule has 2 heterocycles. The molecule has 1 aromatic carbocycles. The Bertz CT molecular complexity index is 747. The lowest BCUT2D eigenvalue weighted by atomic mass is 9.99. The van der Waals surface area contributed by atoms with E-state index < -0.39 is 5.82 Å². The fourth-order valence-electron chi connectivity index (χ4n) is 2.64. The fourth-order valence-corrected chi connectivity index (χ4v) is 2.82. The molecule has 1 aliphatic heterocycles. The zero-order chi connectivity index (χ0) is 17.1. The highest BCUT2D eigenvalue weighted by atomic mass is 35.5. The predicted octanol–water partition coefficient (Wildman–Crippen LogP) is 3.88. The summed E-state index contributed by atoms with van der Waals surface area (Å²) in [5, 5.41) is 3.03. The average molecular weight is 349 g/mol. The number of hydrogen-bond acceptors (Lipinski definition) is 4. The van der Waals surface area contributed by atoms with Crippen LogP contribution in [0.15, 0.2) is 30.6 Å². The molecule has 3 rings (SSSR count). The van der Waals surface area contributed by atoms with Crippen molar-refractivity contribution in [3.8, 4) is 0 Å². The Labute approximate surface area is 144 Å². The first kappa shape index (κ1) is 16.6. The van der Waals surface area contributed by atoms with Gasteiger partial charge in [0.2, 0.25) is 0 Å². The highest BCUT2D eigenvalue weighted by Crippen LogP contribution is 2.23. The lowest BCUT2D eigenvalue weighted by molar-refractivity contribution is 0.0691. The zero-order valence-corrected chi connectivity index (χ0v) is 14.1. The van der Waals surface area contributed by atoms with Gasteiger partial charge in [-0.15, -0.1) is 0 Å². The summed E-state index contributed by atoms with van der Waals surface area (Å²) < 4.78 is 13.2. The summed E-state index contributed by atoms with van der Waals surface area (Å²) in [7, 11) is 0. The molecule has 1 saturated heterocycles. The second-order valence-corrected chi connectivity index (χ2v) is 6.42. The average Bonchev–Trinajstić information content (AvgIpc) is 2.58. The van der Waals surface area contributed by atoms with Crippen LogP contribution >= 0.6 is 11.6 Å². The van der Waals surface area contributed by atoms with Gasteiger partial charge in [0.1, 0.15) is 23.7 Å². The predicted molar refractivity (Wildman–Crippen MR) is 91.0 cm³/mol. The van der Waals surface area contributed by atoms with Crippen molar-refractivity contribution in [2.75, 3.05) is 18.4 Å². The van der Waals surface area contributed by atoms with Crippen molar-refractivity contribution >= 4 is 29.0 Å². The van der Waals surface area contributed by atoms with Crippen LogP contribution in [-0.4, -0.2) is 33.9 Å². The topological polar surface area (TPSA) is 58.1 Å². The van der Waals surface area contributed by atoms with E-state index in [0.717, 1.165) is 25.9 Å². The minimum Gasteiger partial charge on any atom is -0.340 e. The van der Waals surface area contributed by atoms with Crippen molar-refractivity contribution in [1.82, 2.24) is 14.9 Å². The van der Waals surface area contributed by atoms with Crippen LogP contribution < -0.4 is 5.32 Å². The number of amides is 1. The van der Waals surface area contributed by atoms with E-state index in [4.69, 9.17) is 11.6 Å². The van der Waals surface area contributed by atoms with Crippen LogP contribution in [0.2, 0.25) is 5.02 Å². The number of carbonyl (C=O) groups is 1. The molecule has 24 heavy (non-hydrogen) atoms. The van der Waals surface area contributed by atoms with Crippen molar-refractivity contribution in [3.05, 3.63) is 47.1 Å². The molecule has 1 amide bonds. The molecule has 1 aliphatic rings. The minimum absolute atomic E-state index is 0.0211. The van der Waals surface area contributed by atoms with E-state index in [1.54, 1.807) is 12.1 Å². The standard InChI is InChI=1S/C17H18ClFN4O/c1-11-4-6-23(7-5-11)17(24)15-9-16(21-10-20-15)22-12-2-3-14(19)13(18)8-12/h2-3,8-11H,4-7H2,1H3,(H,20,21,22). The van der Waals surface area contributed by atoms with Crippen LogP contribution in [0.4, 0.5) is 15.9 Å². The SMILES string of the molecule is CC1CCN(C(=O)c2cc(Nc3ccc(F)c(Cl)c3)ncn2)CC1. The van der Waals surface area contributed by atoms with Crippen LogP contribution in [0.5, 0.6) is 0 Å². The molecule has 0 saturated carbocycles. The van der Waals surface area contributed by atoms with Crippen LogP contribution in [0, 0.1) is 11.7 Å². The number of hydrogen-bond donors (Lipinski definition) is 1. The maximum absolute atomic E-state index is 13.2. The Morgan fingerprint density at radius 2 is 2.04 bits per heavy atom. The van der Waals surface area contributed by atoms with Gasteiger partial charge < -0.3 is 10.2 Å². The Morgan fingerprint density at radius 3 is 2.75 bits per heavy atom. The van der Waals surface area contributed by atoms with E-state index in [1.165, 1.54) is 18.5 Å². The molecule has 0 atom stereocenters. The summed E-state index contributed by atoms with van der Waals surface area (Å²) in [5.41, 5.74) is 0.931. The number of nitrogens with one attached hydrogen (secondary N) is 1. The molecule has 1 N–H and O–H groups in total. The molecule has 5 nitrogen and oxygen atoms in total. The lowest BCUT2D eigenvalue weighted by Gasteiger charge is -2.30. The monoisotopic (exact) mass is 348 g/mol. The fraction of sp³-hybridized carbons (Fsp3) is 0.353. The number of carbonyl (C=O) groups excluding carboxylic acids is 1. The second kappa shape index (κ2) is 7.13. The van der Waals surface area contributed by atoms with Gasteiger partial charge >= 0.3 is 0 Å². The molecule has 0 radical (unpaired) electrons. The van der Waals surface area contributed by atoms with Gasteiger partial charge in [0.25, 0.3) is 5.91 Å².